The van der Waals surface area contributed by atoms with Gasteiger partial charge < -0.3 is 24.7 Å². The van der Waals surface area contributed by atoms with E-state index >= 15 is 0 Å². The molecule has 0 bridgehead atoms. The molecule has 0 fully saturated rings. The molecule has 0 radical (unpaired) electrons. The number of nitro groups is 1. The van der Waals surface area contributed by atoms with E-state index in [2.05, 4.69) is 6.07 Å². The Kier molecular flexibility index (Phi) is 6.24. The summed E-state index contributed by atoms with van der Waals surface area (Å²) in [5.74, 6) is 0.0125. The van der Waals surface area contributed by atoms with Gasteiger partial charge >= 0.3 is 5.97 Å². The van der Waals surface area contributed by atoms with Gasteiger partial charge in [-0.05, 0) is 18.2 Å². The van der Waals surface area contributed by atoms with Crippen LogP contribution in [0.5, 0.6) is 23.0 Å². The molecule has 1 aliphatic rings. The number of hydrogen-bond donors (Lipinski definition) is 1. The minimum atomic E-state index is -0.779. The predicted molar refractivity (Wildman–Crippen MR) is 123 cm³/mol. The van der Waals surface area contributed by atoms with E-state index in [1.807, 2.05) is 0 Å². The number of hydrogen-bond acceptors (Lipinski definition) is 9. The number of allylic oxidation sites excluding steroid dienone is 1. The summed E-state index contributed by atoms with van der Waals surface area (Å²) in [5, 5.41) is 20.8. The third kappa shape index (κ3) is 4.43. The first kappa shape index (κ1) is 23.1. The average Bonchev–Trinajstić information content (AvgIpc) is 2.87. The normalized spacial score (nSPS) is 14.3. The second-order valence-electron chi connectivity index (χ2n) is 7.43. The molecule has 176 valence electrons. The van der Waals surface area contributed by atoms with Crippen LogP contribution in [-0.4, -0.2) is 25.1 Å². The SMILES string of the molecule is COc1ccc(C2C(C#N)=C(N)Oc3cc(OC(=O)c4cccc([N+](=O)[O-])c4)ccc32)c(OC)c1. The standard InChI is InChI=1S/C25H19N3O7/c1-32-16-6-8-18(21(11-16)33-2)23-19-9-7-17(12-22(19)35-24(27)20(23)13-26)34-25(29)14-4-3-5-15(10-14)28(30)31/h3-12,23H,27H2,1-2H3. The van der Waals surface area contributed by atoms with Crippen LogP contribution in [0.1, 0.15) is 27.4 Å². The lowest BCUT2D eigenvalue weighted by Gasteiger charge is -2.27. The molecular formula is C25H19N3O7. The Hall–Kier alpha value is -5.04. The van der Waals surface area contributed by atoms with Gasteiger partial charge in [0.1, 0.15) is 34.6 Å². The van der Waals surface area contributed by atoms with Crippen molar-refractivity contribution >= 4 is 11.7 Å². The molecule has 10 heteroatoms. The van der Waals surface area contributed by atoms with Crippen molar-refractivity contribution < 1.29 is 28.7 Å². The third-order valence-corrected chi connectivity index (χ3v) is 5.45. The highest BCUT2D eigenvalue weighted by Gasteiger charge is 2.33. The predicted octanol–water partition coefficient (Wildman–Crippen LogP) is 4.05. The Morgan fingerprint density at radius 1 is 1.06 bits per heavy atom. The maximum Gasteiger partial charge on any atom is 0.343 e. The summed E-state index contributed by atoms with van der Waals surface area (Å²) in [6.45, 7) is 0. The molecule has 0 aliphatic carbocycles. The molecule has 2 N–H and O–H groups in total. The monoisotopic (exact) mass is 473 g/mol. The number of nitriles is 1. The quantitative estimate of drug-likeness (QED) is 0.242. The summed E-state index contributed by atoms with van der Waals surface area (Å²) in [4.78, 5) is 22.9. The van der Waals surface area contributed by atoms with Crippen LogP contribution in [0.15, 0.2) is 72.1 Å². The van der Waals surface area contributed by atoms with Gasteiger partial charge in [-0.1, -0.05) is 18.2 Å². The van der Waals surface area contributed by atoms with Crippen molar-refractivity contribution in [1.29, 1.82) is 5.26 Å². The second kappa shape index (κ2) is 9.44. The maximum atomic E-state index is 12.6. The molecule has 35 heavy (non-hydrogen) atoms. The Morgan fingerprint density at radius 3 is 2.49 bits per heavy atom. The summed E-state index contributed by atoms with van der Waals surface area (Å²) in [6.07, 6.45) is 0. The molecule has 1 unspecified atom stereocenters. The largest absolute Gasteiger partial charge is 0.497 e. The lowest BCUT2D eigenvalue weighted by atomic mass is 9.83. The average molecular weight is 473 g/mol. The number of rotatable bonds is 6. The van der Waals surface area contributed by atoms with Crippen LogP contribution in [0.3, 0.4) is 0 Å². The summed E-state index contributed by atoms with van der Waals surface area (Å²) in [7, 11) is 3.04. The van der Waals surface area contributed by atoms with Crippen molar-refractivity contribution in [2.75, 3.05) is 14.2 Å². The molecule has 1 atom stereocenters. The Labute approximate surface area is 199 Å². The van der Waals surface area contributed by atoms with Crippen LogP contribution in [0, 0.1) is 21.4 Å². The molecule has 3 aromatic carbocycles. The summed E-state index contributed by atoms with van der Waals surface area (Å²) < 4.78 is 21.9. The van der Waals surface area contributed by atoms with Gasteiger partial charge in [-0.15, -0.1) is 0 Å². The van der Waals surface area contributed by atoms with Gasteiger partial charge in [-0.3, -0.25) is 10.1 Å². The van der Waals surface area contributed by atoms with E-state index < -0.39 is 16.8 Å². The van der Waals surface area contributed by atoms with Crippen molar-refractivity contribution in [1.82, 2.24) is 0 Å². The van der Waals surface area contributed by atoms with E-state index in [9.17, 15) is 20.2 Å². The summed E-state index contributed by atoms with van der Waals surface area (Å²) in [5.41, 5.74) is 7.32. The molecule has 0 spiro atoms. The molecule has 0 saturated carbocycles. The number of ether oxygens (including phenoxy) is 4. The fourth-order valence-electron chi connectivity index (χ4n) is 3.79. The minimum absolute atomic E-state index is 0.0184. The van der Waals surface area contributed by atoms with Crippen molar-refractivity contribution in [3.8, 4) is 29.1 Å². The number of benzene rings is 3. The Morgan fingerprint density at radius 2 is 1.80 bits per heavy atom. The van der Waals surface area contributed by atoms with Crippen LogP contribution in [0.25, 0.3) is 0 Å². The third-order valence-electron chi connectivity index (χ3n) is 5.45. The number of carbonyl (C=O) groups excluding carboxylic acids is 1. The number of non-ortho nitro benzene ring substituents is 1. The molecule has 1 heterocycles. The van der Waals surface area contributed by atoms with Gasteiger partial charge in [0.2, 0.25) is 5.88 Å². The number of carbonyl (C=O) groups is 1. The van der Waals surface area contributed by atoms with E-state index in [0.29, 0.717) is 22.6 Å². The topological polar surface area (TPSA) is 147 Å². The number of methoxy groups -OCH3 is 2. The summed E-state index contributed by atoms with van der Waals surface area (Å²) >= 11 is 0. The van der Waals surface area contributed by atoms with Crippen LogP contribution in [-0.2, 0) is 0 Å². The molecule has 0 amide bonds. The van der Waals surface area contributed by atoms with Crippen LogP contribution in [0.4, 0.5) is 5.69 Å². The van der Waals surface area contributed by atoms with E-state index in [1.54, 1.807) is 24.3 Å². The molecule has 10 nitrogen and oxygen atoms in total. The molecule has 4 rings (SSSR count). The number of nitro benzene ring substituents is 1. The Bertz CT molecular complexity index is 1410. The molecule has 0 saturated heterocycles. The highest BCUT2D eigenvalue weighted by atomic mass is 16.6. The summed E-state index contributed by atoms with van der Waals surface area (Å²) in [6, 6.07) is 17.2. The van der Waals surface area contributed by atoms with E-state index in [0.717, 1.165) is 6.07 Å². The number of nitrogens with zero attached hydrogens (tertiary/aromatic N) is 2. The molecule has 1 aliphatic heterocycles. The lowest BCUT2D eigenvalue weighted by molar-refractivity contribution is -0.384. The fourth-order valence-corrected chi connectivity index (χ4v) is 3.79. The van der Waals surface area contributed by atoms with E-state index in [1.165, 1.54) is 44.6 Å². The van der Waals surface area contributed by atoms with Crippen LogP contribution >= 0.6 is 0 Å². The van der Waals surface area contributed by atoms with Gasteiger partial charge in [0.05, 0.1) is 30.6 Å². The first-order valence-corrected chi connectivity index (χ1v) is 10.3. The number of nitrogens with two attached hydrogens (primary N) is 1. The fraction of sp³-hybridized carbons (Fsp3) is 0.120. The van der Waals surface area contributed by atoms with Crippen molar-refractivity contribution in [2.24, 2.45) is 5.73 Å². The van der Waals surface area contributed by atoms with Crippen molar-refractivity contribution in [2.45, 2.75) is 5.92 Å². The highest BCUT2D eigenvalue weighted by molar-refractivity contribution is 5.91. The first-order chi connectivity index (χ1) is 16.9. The Balaban J connectivity index is 1.71. The van der Waals surface area contributed by atoms with Gasteiger partial charge in [-0.2, -0.15) is 5.26 Å². The zero-order valence-corrected chi connectivity index (χ0v) is 18.7. The zero-order valence-electron chi connectivity index (χ0n) is 18.7. The van der Waals surface area contributed by atoms with Crippen molar-refractivity contribution in [3.05, 3.63) is 98.9 Å². The van der Waals surface area contributed by atoms with E-state index in [-0.39, 0.29) is 34.2 Å². The smallest absolute Gasteiger partial charge is 0.343 e. The van der Waals surface area contributed by atoms with Gasteiger partial charge in [0.15, 0.2) is 0 Å². The van der Waals surface area contributed by atoms with Gasteiger partial charge in [0, 0.05) is 35.4 Å². The molecule has 3 aromatic rings. The second-order valence-corrected chi connectivity index (χ2v) is 7.43. The van der Waals surface area contributed by atoms with Gasteiger partial charge in [-0.25, -0.2) is 4.79 Å². The highest BCUT2D eigenvalue weighted by Crippen LogP contribution is 2.46. The maximum absolute atomic E-state index is 12.6. The van der Waals surface area contributed by atoms with Gasteiger partial charge in [0.25, 0.3) is 5.69 Å². The van der Waals surface area contributed by atoms with E-state index in [4.69, 9.17) is 24.7 Å². The molecular weight excluding hydrogens is 454 g/mol. The molecule has 0 aromatic heterocycles. The van der Waals surface area contributed by atoms with Crippen LogP contribution < -0.4 is 24.7 Å². The number of fused-ring (bicyclic) bond motifs is 1. The lowest BCUT2D eigenvalue weighted by Crippen LogP contribution is -2.21. The van der Waals surface area contributed by atoms with Crippen LogP contribution in [0.2, 0.25) is 0 Å². The zero-order chi connectivity index (χ0) is 25.1. The minimum Gasteiger partial charge on any atom is -0.497 e. The first-order valence-electron chi connectivity index (χ1n) is 10.3. The number of esters is 1. The van der Waals surface area contributed by atoms with Crippen molar-refractivity contribution in [3.63, 3.8) is 0 Å².